The highest BCUT2D eigenvalue weighted by atomic mass is 16.6. The third kappa shape index (κ3) is 2.48. The molecule has 0 unspecified atom stereocenters. The van der Waals surface area contributed by atoms with Gasteiger partial charge in [-0.05, 0) is 62.4 Å². The summed E-state index contributed by atoms with van der Waals surface area (Å²) in [6, 6.07) is 5.29. The summed E-state index contributed by atoms with van der Waals surface area (Å²) in [4.78, 5) is 13.1. The number of benzene rings is 1. The molecule has 3 rings (SSSR count). The van der Waals surface area contributed by atoms with Gasteiger partial charge in [-0.25, -0.2) is 0 Å². The molecule has 0 atom stereocenters. The Bertz CT molecular complexity index is 572. The van der Waals surface area contributed by atoms with Gasteiger partial charge in [-0.15, -0.1) is 0 Å². The molecule has 0 N–H and O–H groups in total. The van der Waals surface area contributed by atoms with E-state index in [0.717, 1.165) is 24.9 Å². The Balaban J connectivity index is 1.79. The number of hydrogen-bond donors (Lipinski definition) is 0. The zero-order valence-electron chi connectivity index (χ0n) is 11.9. The van der Waals surface area contributed by atoms with Crippen LogP contribution in [-0.4, -0.2) is 29.5 Å². The molecular weight excluding hydrogens is 252 g/mol. The monoisotopic (exact) mass is 272 g/mol. The van der Waals surface area contributed by atoms with Crippen molar-refractivity contribution in [3.8, 4) is 0 Å². The fourth-order valence-corrected chi connectivity index (χ4v) is 3.36. The van der Waals surface area contributed by atoms with Crippen molar-refractivity contribution in [2.45, 2.75) is 32.6 Å². The van der Waals surface area contributed by atoms with E-state index in [9.17, 15) is 10.1 Å². The normalized spacial score (nSPS) is 18.6. The van der Waals surface area contributed by atoms with Gasteiger partial charge in [-0.2, -0.15) is 0 Å². The van der Waals surface area contributed by atoms with Crippen molar-refractivity contribution in [3.63, 3.8) is 0 Å². The Kier molecular flexibility index (Phi) is 3.57. The van der Waals surface area contributed by atoms with Crippen LogP contribution >= 0.6 is 0 Å². The Morgan fingerprint density at radius 2 is 2.05 bits per heavy atom. The van der Waals surface area contributed by atoms with Gasteiger partial charge in [0.15, 0.2) is 0 Å². The van der Waals surface area contributed by atoms with Gasteiger partial charge in [-0.3, -0.25) is 10.1 Å². The molecule has 4 nitrogen and oxygen atoms in total. The topological polar surface area (TPSA) is 46.4 Å². The number of rotatable bonds is 4. The highest BCUT2D eigenvalue weighted by Gasteiger charge is 2.22. The summed E-state index contributed by atoms with van der Waals surface area (Å²) >= 11 is 0. The van der Waals surface area contributed by atoms with E-state index in [4.69, 9.17) is 0 Å². The number of fused-ring (bicyclic) bond motifs is 1. The van der Waals surface area contributed by atoms with E-state index in [1.165, 1.54) is 42.6 Å². The van der Waals surface area contributed by atoms with Crippen molar-refractivity contribution in [3.05, 3.63) is 45.0 Å². The van der Waals surface area contributed by atoms with Crippen LogP contribution in [0.3, 0.4) is 0 Å². The first-order chi connectivity index (χ1) is 9.65. The Labute approximate surface area is 119 Å². The quantitative estimate of drug-likeness (QED) is 0.623. The fourth-order valence-electron chi connectivity index (χ4n) is 3.36. The van der Waals surface area contributed by atoms with E-state index < -0.39 is 0 Å². The molecule has 1 saturated heterocycles. The van der Waals surface area contributed by atoms with E-state index in [0.29, 0.717) is 0 Å². The molecule has 2 aliphatic rings. The van der Waals surface area contributed by atoms with Crippen molar-refractivity contribution in [2.24, 2.45) is 0 Å². The maximum Gasteiger partial charge on any atom is 0.270 e. The maximum absolute atomic E-state index is 10.9. The van der Waals surface area contributed by atoms with Gasteiger partial charge in [-0.1, -0.05) is 11.6 Å². The van der Waals surface area contributed by atoms with Gasteiger partial charge in [0.05, 0.1) is 4.92 Å². The zero-order chi connectivity index (χ0) is 14.1. The van der Waals surface area contributed by atoms with Crippen molar-refractivity contribution >= 4 is 11.3 Å². The summed E-state index contributed by atoms with van der Waals surface area (Å²) in [6.45, 7) is 5.64. The molecule has 0 bridgehead atoms. The Hall–Kier alpha value is -1.68. The number of allylic oxidation sites excluding steroid dienone is 1. The lowest BCUT2D eigenvalue weighted by atomic mass is 10.0. The first kappa shape index (κ1) is 13.3. The predicted octanol–water partition coefficient (Wildman–Crippen LogP) is 3.41. The van der Waals surface area contributed by atoms with E-state index >= 15 is 0 Å². The molecule has 1 heterocycles. The smallest absolute Gasteiger partial charge is 0.270 e. The molecule has 4 heteroatoms. The van der Waals surface area contributed by atoms with Crippen LogP contribution in [0.5, 0.6) is 0 Å². The number of nitrogens with zero attached hydrogens (tertiary/aromatic N) is 2. The van der Waals surface area contributed by atoms with E-state index in [2.05, 4.69) is 11.8 Å². The van der Waals surface area contributed by atoms with Crippen LogP contribution < -0.4 is 0 Å². The average molecular weight is 272 g/mol. The molecule has 0 radical (unpaired) electrons. The minimum Gasteiger partial charge on any atom is -0.303 e. The van der Waals surface area contributed by atoms with Gasteiger partial charge in [0.25, 0.3) is 5.69 Å². The van der Waals surface area contributed by atoms with Gasteiger partial charge in [0.1, 0.15) is 0 Å². The third-order valence-electron chi connectivity index (χ3n) is 4.48. The lowest BCUT2D eigenvalue weighted by Gasteiger charge is -2.15. The van der Waals surface area contributed by atoms with Gasteiger partial charge in [0.2, 0.25) is 0 Å². The number of hydrogen-bond acceptors (Lipinski definition) is 3. The second-order valence-corrected chi connectivity index (χ2v) is 5.83. The maximum atomic E-state index is 10.9. The minimum atomic E-state index is -0.300. The number of likely N-dealkylation sites (tertiary alicyclic amines) is 1. The van der Waals surface area contributed by atoms with E-state index in [1.54, 1.807) is 12.1 Å². The largest absolute Gasteiger partial charge is 0.303 e. The lowest BCUT2D eigenvalue weighted by molar-refractivity contribution is -0.384. The van der Waals surface area contributed by atoms with Crippen LogP contribution in [-0.2, 0) is 6.42 Å². The molecule has 1 aliphatic carbocycles. The molecule has 20 heavy (non-hydrogen) atoms. The second kappa shape index (κ2) is 5.37. The van der Waals surface area contributed by atoms with Crippen LogP contribution in [0.4, 0.5) is 5.69 Å². The summed E-state index contributed by atoms with van der Waals surface area (Å²) in [5.41, 5.74) is 5.26. The molecule has 0 amide bonds. The molecule has 1 aromatic carbocycles. The summed E-state index contributed by atoms with van der Waals surface area (Å²) in [7, 11) is 0. The molecule has 1 fully saturated rings. The van der Waals surface area contributed by atoms with E-state index in [1.807, 2.05) is 6.07 Å². The van der Waals surface area contributed by atoms with Gasteiger partial charge in [0, 0.05) is 18.7 Å². The van der Waals surface area contributed by atoms with Gasteiger partial charge >= 0.3 is 0 Å². The highest BCUT2D eigenvalue weighted by Crippen LogP contribution is 2.37. The number of non-ortho nitro benzene ring substituents is 1. The third-order valence-corrected chi connectivity index (χ3v) is 4.48. The molecule has 106 valence electrons. The Morgan fingerprint density at radius 3 is 2.75 bits per heavy atom. The van der Waals surface area contributed by atoms with Crippen LogP contribution in [0, 0.1) is 10.1 Å². The molecular formula is C16H20N2O2. The first-order valence-electron chi connectivity index (χ1n) is 7.34. The van der Waals surface area contributed by atoms with Crippen molar-refractivity contribution in [1.29, 1.82) is 0 Å². The van der Waals surface area contributed by atoms with Crippen molar-refractivity contribution in [2.75, 3.05) is 19.6 Å². The van der Waals surface area contributed by atoms with E-state index in [-0.39, 0.29) is 10.6 Å². The molecule has 0 saturated carbocycles. The summed E-state index contributed by atoms with van der Waals surface area (Å²) in [5.74, 6) is 0. The highest BCUT2D eigenvalue weighted by molar-refractivity contribution is 5.77. The molecule has 0 spiro atoms. The first-order valence-corrected chi connectivity index (χ1v) is 7.34. The average Bonchev–Trinajstić information content (AvgIpc) is 3.02. The van der Waals surface area contributed by atoms with Gasteiger partial charge < -0.3 is 4.90 Å². The van der Waals surface area contributed by atoms with Crippen LogP contribution in [0.2, 0.25) is 0 Å². The fraction of sp³-hybridized carbons (Fsp3) is 0.500. The number of nitro groups is 1. The lowest BCUT2D eigenvalue weighted by Crippen LogP contribution is -2.20. The summed E-state index contributed by atoms with van der Waals surface area (Å²) < 4.78 is 0. The summed E-state index contributed by atoms with van der Waals surface area (Å²) in [5, 5.41) is 10.9. The number of nitro benzene ring substituents is 1. The zero-order valence-corrected chi connectivity index (χ0v) is 11.9. The van der Waals surface area contributed by atoms with Crippen LogP contribution in [0.15, 0.2) is 23.8 Å². The summed E-state index contributed by atoms with van der Waals surface area (Å²) in [6.07, 6.45) is 4.57. The van der Waals surface area contributed by atoms with Crippen LogP contribution in [0.25, 0.3) is 5.57 Å². The molecule has 1 aromatic rings. The minimum absolute atomic E-state index is 0.206. The van der Waals surface area contributed by atoms with Crippen molar-refractivity contribution < 1.29 is 4.92 Å². The van der Waals surface area contributed by atoms with Crippen LogP contribution in [0.1, 0.15) is 37.3 Å². The second-order valence-electron chi connectivity index (χ2n) is 5.83. The Morgan fingerprint density at radius 1 is 1.30 bits per heavy atom. The standard InChI is InChI=1S/C16H20N2O2/c1-12-10-13-4-5-14(18(19)20)11-16(13)15(12)6-9-17-7-2-3-8-17/h4-5,11H,2-3,6-10H2,1H3. The van der Waals surface area contributed by atoms with Crippen molar-refractivity contribution in [1.82, 2.24) is 4.90 Å². The SMILES string of the molecule is CC1=C(CCN2CCCC2)c2cc([N+](=O)[O-])ccc2C1. The predicted molar refractivity (Wildman–Crippen MR) is 79.7 cm³/mol. The molecule has 0 aromatic heterocycles. The molecule has 1 aliphatic heterocycles.